The lowest BCUT2D eigenvalue weighted by atomic mass is 9.80. The summed E-state index contributed by atoms with van der Waals surface area (Å²) in [6.07, 6.45) is 4.17. The minimum atomic E-state index is -0.747. The number of allylic oxidation sites excluding steroid dienone is 1. The molecule has 2 aliphatic rings. The maximum atomic E-state index is 13.9. The van der Waals surface area contributed by atoms with Crippen molar-refractivity contribution in [3.05, 3.63) is 63.8 Å². The van der Waals surface area contributed by atoms with E-state index < -0.39 is 12.2 Å². The van der Waals surface area contributed by atoms with Crippen molar-refractivity contribution in [1.82, 2.24) is 19.6 Å². The van der Waals surface area contributed by atoms with E-state index in [2.05, 4.69) is 5.32 Å². The van der Waals surface area contributed by atoms with Crippen LogP contribution in [0.1, 0.15) is 56.2 Å². The monoisotopic (exact) mass is 540 g/mol. The first-order chi connectivity index (χ1) is 18.9. The molecule has 1 aromatic carbocycles. The van der Waals surface area contributed by atoms with Crippen molar-refractivity contribution in [2.75, 3.05) is 32.8 Å². The molecule has 3 heterocycles. The SMILES string of the molecule is CCO[C@@H]1OC(C(=O)NCCCN2CCCC2=O)=C[C@H](c2c(C)n(C)n(-c3ccccc3)c2=O)[C@@H]1CCCO. The number of carbonyl (C=O) groups excluding carboxylic acids is 2. The van der Waals surface area contributed by atoms with Gasteiger partial charge in [-0.15, -0.1) is 0 Å². The molecule has 2 N–H and O–H groups in total. The first kappa shape index (κ1) is 28.6. The number of para-hydroxylation sites is 1. The van der Waals surface area contributed by atoms with Crippen LogP contribution in [0, 0.1) is 12.8 Å². The molecule has 2 aliphatic heterocycles. The molecule has 4 rings (SSSR count). The van der Waals surface area contributed by atoms with E-state index in [1.807, 2.05) is 60.8 Å². The number of carbonyl (C=O) groups is 2. The summed E-state index contributed by atoms with van der Waals surface area (Å²) >= 11 is 0. The number of rotatable bonds is 12. The Morgan fingerprint density at radius 3 is 2.64 bits per heavy atom. The Morgan fingerprint density at radius 2 is 1.97 bits per heavy atom. The van der Waals surface area contributed by atoms with Crippen molar-refractivity contribution in [3.8, 4) is 5.69 Å². The number of nitrogens with one attached hydrogen (secondary N) is 1. The first-order valence-corrected chi connectivity index (χ1v) is 13.9. The molecule has 1 aromatic heterocycles. The summed E-state index contributed by atoms with van der Waals surface area (Å²) < 4.78 is 15.5. The topological polar surface area (TPSA) is 115 Å². The highest BCUT2D eigenvalue weighted by molar-refractivity contribution is 5.91. The van der Waals surface area contributed by atoms with Crippen LogP contribution in [0.3, 0.4) is 0 Å². The van der Waals surface area contributed by atoms with Crippen molar-refractivity contribution in [3.63, 3.8) is 0 Å². The predicted octanol–water partition coefficient (Wildman–Crippen LogP) is 2.36. The molecule has 0 saturated carbocycles. The number of ether oxygens (including phenoxy) is 2. The molecule has 39 heavy (non-hydrogen) atoms. The zero-order valence-electron chi connectivity index (χ0n) is 23.1. The average Bonchev–Trinajstić information content (AvgIpc) is 3.44. The van der Waals surface area contributed by atoms with Crippen LogP contribution in [0.4, 0.5) is 0 Å². The van der Waals surface area contributed by atoms with Crippen LogP contribution < -0.4 is 10.9 Å². The molecule has 0 radical (unpaired) electrons. The third-order valence-corrected chi connectivity index (χ3v) is 7.63. The van der Waals surface area contributed by atoms with E-state index in [0.717, 1.165) is 24.3 Å². The molecule has 0 spiro atoms. The number of hydrogen-bond acceptors (Lipinski definition) is 6. The highest BCUT2D eigenvalue weighted by Gasteiger charge is 2.40. The number of benzene rings is 1. The van der Waals surface area contributed by atoms with Gasteiger partial charge in [-0.1, -0.05) is 18.2 Å². The van der Waals surface area contributed by atoms with Crippen LogP contribution in [0.2, 0.25) is 0 Å². The standard InChI is InChI=1S/C29H40N4O6/c1-4-38-29-22(13-9-18-34)23(26-20(2)31(3)33(28(26)37)21-11-6-5-7-12-21)19-24(39-29)27(36)30-15-10-17-32-16-8-14-25(32)35/h5-7,11-12,19,22-23,29,34H,4,8-10,13-18H2,1-3H3,(H,30,36)/t22-,23-,29+/m0/s1. The van der Waals surface area contributed by atoms with Gasteiger partial charge in [0.15, 0.2) is 5.76 Å². The van der Waals surface area contributed by atoms with Crippen molar-refractivity contribution < 1.29 is 24.2 Å². The number of likely N-dealkylation sites (tertiary alicyclic amines) is 1. The van der Waals surface area contributed by atoms with Crippen LogP contribution >= 0.6 is 0 Å². The highest BCUT2D eigenvalue weighted by atomic mass is 16.7. The third-order valence-electron chi connectivity index (χ3n) is 7.63. The van der Waals surface area contributed by atoms with Crippen LogP contribution in [-0.4, -0.2) is 70.3 Å². The maximum absolute atomic E-state index is 13.9. The molecule has 3 atom stereocenters. The molecule has 10 heteroatoms. The van der Waals surface area contributed by atoms with Gasteiger partial charge in [0, 0.05) is 69.4 Å². The Labute approximate surface area is 229 Å². The molecule has 0 aliphatic carbocycles. The fraction of sp³-hybridized carbons (Fsp3) is 0.552. The number of nitrogens with zero attached hydrogens (tertiary/aromatic N) is 3. The maximum Gasteiger partial charge on any atom is 0.286 e. The molecule has 0 bridgehead atoms. The van der Waals surface area contributed by atoms with Crippen LogP contribution in [0.5, 0.6) is 0 Å². The summed E-state index contributed by atoms with van der Waals surface area (Å²) in [6, 6.07) is 9.43. The number of amides is 2. The van der Waals surface area contributed by atoms with Crippen molar-refractivity contribution in [1.29, 1.82) is 0 Å². The van der Waals surface area contributed by atoms with E-state index in [1.54, 1.807) is 10.8 Å². The lowest BCUT2D eigenvalue weighted by molar-refractivity contribution is -0.166. The molecule has 212 valence electrons. The van der Waals surface area contributed by atoms with Crippen LogP contribution in [0.25, 0.3) is 5.69 Å². The van der Waals surface area contributed by atoms with Gasteiger partial charge in [-0.2, -0.15) is 0 Å². The lowest BCUT2D eigenvalue weighted by Crippen LogP contribution is -2.40. The van der Waals surface area contributed by atoms with Crippen LogP contribution in [-0.2, 0) is 26.1 Å². The highest BCUT2D eigenvalue weighted by Crippen LogP contribution is 2.39. The quantitative estimate of drug-likeness (QED) is 0.400. The first-order valence-electron chi connectivity index (χ1n) is 13.9. The van der Waals surface area contributed by atoms with Gasteiger partial charge in [0.1, 0.15) is 0 Å². The van der Waals surface area contributed by atoms with Gasteiger partial charge in [0.25, 0.3) is 11.5 Å². The molecular weight excluding hydrogens is 500 g/mol. The largest absolute Gasteiger partial charge is 0.459 e. The van der Waals surface area contributed by atoms with Crippen molar-refractivity contribution in [2.45, 2.75) is 58.2 Å². The number of hydrogen-bond donors (Lipinski definition) is 2. The number of aromatic nitrogens is 2. The van der Waals surface area contributed by atoms with Gasteiger partial charge in [-0.25, -0.2) is 4.68 Å². The summed E-state index contributed by atoms with van der Waals surface area (Å²) in [6.45, 7) is 5.90. The molecular formula is C29H40N4O6. The van der Waals surface area contributed by atoms with E-state index in [4.69, 9.17) is 9.47 Å². The fourth-order valence-corrected chi connectivity index (χ4v) is 5.57. The summed E-state index contributed by atoms with van der Waals surface area (Å²) in [5.41, 5.74) is 1.95. The van der Waals surface area contributed by atoms with Gasteiger partial charge in [-0.05, 0) is 57.7 Å². The van der Waals surface area contributed by atoms with E-state index >= 15 is 0 Å². The van der Waals surface area contributed by atoms with Gasteiger partial charge in [0.2, 0.25) is 12.2 Å². The van der Waals surface area contributed by atoms with Crippen molar-refractivity contribution >= 4 is 11.8 Å². The molecule has 0 unspecified atom stereocenters. The minimum absolute atomic E-state index is 0.000657. The number of aliphatic hydroxyl groups is 1. The van der Waals surface area contributed by atoms with Gasteiger partial charge in [0.05, 0.1) is 5.69 Å². The van der Waals surface area contributed by atoms with E-state index in [1.165, 1.54) is 0 Å². The summed E-state index contributed by atoms with van der Waals surface area (Å²) in [7, 11) is 1.85. The Hall–Kier alpha value is -3.37. The average molecular weight is 541 g/mol. The van der Waals surface area contributed by atoms with Gasteiger partial charge < -0.3 is 24.8 Å². The molecule has 1 saturated heterocycles. The normalized spacial score (nSPS) is 21.1. The second kappa shape index (κ2) is 13.1. The fourth-order valence-electron chi connectivity index (χ4n) is 5.57. The van der Waals surface area contributed by atoms with E-state index in [0.29, 0.717) is 50.9 Å². The minimum Gasteiger partial charge on any atom is -0.459 e. The predicted molar refractivity (Wildman–Crippen MR) is 146 cm³/mol. The Bertz CT molecular complexity index is 1230. The Kier molecular flexibility index (Phi) is 9.63. The summed E-state index contributed by atoms with van der Waals surface area (Å²) in [5.74, 6) is -0.823. The van der Waals surface area contributed by atoms with Crippen LogP contribution in [0.15, 0.2) is 47.0 Å². The van der Waals surface area contributed by atoms with Gasteiger partial charge in [-0.3, -0.25) is 19.1 Å². The van der Waals surface area contributed by atoms with E-state index in [9.17, 15) is 19.5 Å². The molecule has 2 amide bonds. The Balaban J connectivity index is 1.63. The van der Waals surface area contributed by atoms with Gasteiger partial charge >= 0.3 is 0 Å². The second-order valence-electron chi connectivity index (χ2n) is 10.1. The summed E-state index contributed by atoms with van der Waals surface area (Å²) in [4.78, 5) is 40.8. The smallest absolute Gasteiger partial charge is 0.286 e. The molecule has 1 fully saturated rings. The second-order valence-corrected chi connectivity index (χ2v) is 10.1. The summed E-state index contributed by atoms with van der Waals surface area (Å²) in [5, 5.41) is 12.5. The van der Waals surface area contributed by atoms with Crippen molar-refractivity contribution in [2.24, 2.45) is 13.0 Å². The van der Waals surface area contributed by atoms with E-state index in [-0.39, 0.29) is 35.7 Å². The number of aliphatic hydroxyl groups excluding tert-OH is 1. The third kappa shape index (κ3) is 6.28. The zero-order valence-corrected chi connectivity index (χ0v) is 23.1. The molecule has 2 aromatic rings. The lowest BCUT2D eigenvalue weighted by Gasteiger charge is -2.36. The Morgan fingerprint density at radius 1 is 1.21 bits per heavy atom. The molecule has 10 nitrogen and oxygen atoms in total. The zero-order chi connectivity index (χ0) is 27.9.